The Morgan fingerprint density at radius 2 is 2.04 bits per heavy atom. The number of pyridine rings is 1. The van der Waals surface area contributed by atoms with Crippen LogP contribution in [0.2, 0.25) is 5.02 Å². The summed E-state index contributed by atoms with van der Waals surface area (Å²) in [5.41, 5.74) is 0. The van der Waals surface area contributed by atoms with Gasteiger partial charge in [-0.3, -0.25) is 14.4 Å². The first-order chi connectivity index (χ1) is 11.4. The van der Waals surface area contributed by atoms with E-state index in [9.17, 15) is 14.4 Å². The SMILES string of the molecule is Cc1ccc(C(=O)NCC(=O)OCC(=O)Nc2ccc(Cl)cn2)s1. The van der Waals surface area contributed by atoms with Gasteiger partial charge in [-0.25, -0.2) is 4.98 Å². The number of rotatable bonds is 6. The van der Waals surface area contributed by atoms with Crippen LogP contribution in [0.25, 0.3) is 0 Å². The van der Waals surface area contributed by atoms with Crippen molar-refractivity contribution in [3.63, 3.8) is 0 Å². The van der Waals surface area contributed by atoms with E-state index in [0.29, 0.717) is 15.7 Å². The van der Waals surface area contributed by atoms with E-state index in [2.05, 4.69) is 15.6 Å². The molecule has 0 aliphatic rings. The number of thiophene rings is 1. The first-order valence-corrected chi connectivity index (χ1v) is 8.05. The first-order valence-electron chi connectivity index (χ1n) is 6.85. The molecular weight excluding hydrogens is 354 g/mol. The predicted molar refractivity (Wildman–Crippen MR) is 90.2 cm³/mol. The Morgan fingerprint density at radius 3 is 2.67 bits per heavy atom. The minimum absolute atomic E-state index is 0.293. The Morgan fingerprint density at radius 1 is 1.25 bits per heavy atom. The molecule has 0 fully saturated rings. The lowest BCUT2D eigenvalue weighted by Gasteiger charge is -2.06. The lowest BCUT2D eigenvalue weighted by atomic mass is 10.4. The van der Waals surface area contributed by atoms with Crippen LogP contribution in [0.5, 0.6) is 0 Å². The van der Waals surface area contributed by atoms with Crippen LogP contribution in [0.15, 0.2) is 30.5 Å². The van der Waals surface area contributed by atoms with Gasteiger partial charge >= 0.3 is 5.97 Å². The summed E-state index contributed by atoms with van der Waals surface area (Å²) in [5, 5.41) is 5.32. The number of aryl methyl sites for hydroxylation is 1. The molecule has 0 aliphatic heterocycles. The zero-order valence-electron chi connectivity index (χ0n) is 12.7. The molecule has 0 unspecified atom stereocenters. The highest BCUT2D eigenvalue weighted by atomic mass is 35.5. The second-order valence-corrected chi connectivity index (χ2v) is 6.39. The zero-order valence-corrected chi connectivity index (χ0v) is 14.2. The molecule has 0 aromatic carbocycles. The fourth-order valence-corrected chi connectivity index (χ4v) is 2.52. The number of ether oxygens (including phenoxy) is 1. The molecule has 126 valence electrons. The number of nitrogens with one attached hydrogen (secondary N) is 2. The molecule has 2 amide bonds. The normalized spacial score (nSPS) is 10.1. The number of hydrogen-bond donors (Lipinski definition) is 2. The summed E-state index contributed by atoms with van der Waals surface area (Å²) < 4.78 is 4.78. The van der Waals surface area contributed by atoms with E-state index < -0.39 is 18.5 Å². The fraction of sp³-hybridized carbons (Fsp3) is 0.200. The van der Waals surface area contributed by atoms with E-state index in [-0.39, 0.29) is 12.5 Å². The zero-order chi connectivity index (χ0) is 17.5. The van der Waals surface area contributed by atoms with Crippen molar-refractivity contribution in [3.05, 3.63) is 45.2 Å². The standard InChI is InChI=1S/C15H14ClN3O4S/c1-9-2-4-11(24-9)15(22)18-7-14(21)23-8-13(20)19-12-5-3-10(16)6-17-12/h2-6H,7-8H2,1H3,(H,18,22)(H,17,19,20). The van der Waals surface area contributed by atoms with Gasteiger partial charge in [-0.1, -0.05) is 11.6 Å². The van der Waals surface area contributed by atoms with Crippen LogP contribution in [-0.4, -0.2) is 35.9 Å². The molecule has 2 heterocycles. The van der Waals surface area contributed by atoms with E-state index in [1.54, 1.807) is 12.1 Å². The summed E-state index contributed by atoms with van der Waals surface area (Å²) in [5.74, 6) is -1.32. The maximum Gasteiger partial charge on any atom is 0.325 e. The van der Waals surface area contributed by atoms with Crippen molar-refractivity contribution in [2.75, 3.05) is 18.5 Å². The van der Waals surface area contributed by atoms with Crippen molar-refractivity contribution in [3.8, 4) is 0 Å². The van der Waals surface area contributed by atoms with Crippen LogP contribution >= 0.6 is 22.9 Å². The van der Waals surface area contributed by atoms with E-state index in [1.807, 2.05) is 13.0 Å². The highest BCUT2D eigenvalue weighted by Gasteiger charge is 2.12. The van der Waals surface area contributed by atoms with Crippen LogP contribution in [0.4, 0.5) is 5.82 Å². The lowest BCUT2D eigenvalue weighted by Crippen LogP contribution is -2.31. The lowest BCUT2D eigenvalue weighted by molar-refractivity contribution is -0.146. The minimum atomic E-state index is -0.712. The van der Waals surface area contributed by atoms with Crippen molar-refractivity contribution in [1.82, 2.24) is 10.3 Å². The van der Waals surface area contributed by atoms with Gasteiger partial charge in [0.2, 0.25) is 0 Å². The number of hydrogen-bond acceptors (Lipinski definition) is 6. The molecule has 0 bridgehead atoms. The molecule has 0 radical (unpaired) electrons. The topological polar surface area (TPSA) is 97.4 Å². The third-order valence-corrected chi connectivity index (χ3v) is 3.94. The van der Waals surface area contributed by atoms with Gasteiger partial charge in [0.15, 0.2) is 6.61 Å². The number of anilines is 1. The van der Waals surface area contributed by atoms with Crippen molar-refractivity contribution in [2.45, 2.75) is 6.92 Å². The number of carbonyl (C=O) groups excluding carboxylic acids is 3. The molecule has 2 aromatic heterocycles. The Balaban J connectivity index is 1.69. The Hall–Kier alpha value is -2.45. The smallest absolute Gasteiger partial charge is 0.325 e. The van der Waals surface area contributed by atoms with Gasteiger partial charge < -0.3 is 15.4 Å². The van der Waals surface area contributed by atoms with Crippen LogP contribution in [0.3, 0.4) is 0 Å². The largest absolute Gasteiger partial charge is 0.454 e. The molecule has 0 atom stereocenters. The van der Waals surface area contributed by atoms with E-state index in [1.165, 1.54) is 23.6 Å². The molecule has 2 N–H and O–H groups in total. The Bertz CT molecular complexity index is 745. The summed E-state index contributed by atoms with van der Waals surface area (Å²) in [7, 11) is 0. The molecule has 0 spiro atoms. The van der Waals surface area contributed by atoms with Gasteiger partial charge in [0.25, 0.3) is 11.8 Å². The molecular formula is C15H14ClN3O4S. The maximum absolute atomic E-state index is 11.8. The average Bonchev–Trinajstić information content (AvgIpc) is 2.99. The fourth-order valence-electron chi connectivity index (χ4n) is 1.62. The molecule has 0 saturated heterocycles. The van der Waals surface area contributed by atoms with Crippen molar-refractivity contribution in [2.24, 2.45) is 0 Å². The number of carbonyl (C=O) groups is 3. The molecule has 0 saturated carbocycles. The van der Waals surface area contributed by atoms with Gasteiger partial charge in [-0.05, 0) is 31.2 Å². The van der Waals surface area contributed by atoms with Crippen molar-refractivity contribution in [1.29, 1.82) is 0 Å². The van der Waals surface area contributed by atoms with Gasteiger partial charge in [0, 0.05) is 11.1 Å². The van der Waals surface area contributed by atoms with E-state index in [0.717, 1.165) is 4.88 Å². The Labute approximate surface area is 147 Å². The highest BCUT2D eigenvalue weighted by molar-refractivity contribution is 7.13. The second-order valence-electron chi connectivity index (χ2n) is 4.66. The van der Waals surface area contributed by atoms with Crippen molar-refractivity contribution < 1.29 is 19.1 Å². The molecule has 24 heavy (non-hydrogen) atoms. The van der Waals surface area contributed by atoms with Crippen LogP contribution in [0.1, 0.15) is 14.5 Å². The van der Waals surface area contributed by atoms with Crippen LogP contribution < -0.4 is 10.6 Å². The summed E-state index contributed by atoms with van der Waals surface area (Å²) in [6.07, 6.45) is 1.38. The summed E-state index contributed by atoms with van der Waals surface area (Å²) in [4.78, 5) is 40.3. The number of amides is 2. The highest BCUT2D eigenvalue weighted by Crippen LogP contribution is 2.14. The molecule has 2 aromatic rings. The average molecular weight is 368 g/mol. The van der Waals surface area contributed by atoms with Gasteiger partial charge in [0.05, 0.1) is 9.90 Å². The van der Waals surface area contributed by atoms with E-state index >= 15 is 0 Å². The number of halogens is 1. The number of nitrogens with zero attached hydrogens (tertiary/aromatic N) is 1. The van der Waals surface area contributed by atoms with Gasteiger partial charge in [-0.15, -0.1) is 11.3 Å². The Kier molecular flexibility index (Phi) is 6.28. The minimum Gasteiger partial charge on any atom is -0.454 e. The molecule has 2 rings (SSSR count). The molecule has 7 nitrogen and oxygen atoms in total. The van der Waals surface area contributed by atoms with E-state index in [4.69, 9.17) is 16.3 Å². The summed E-state index contributed by atoms with van der Waals surface area (Å²) in [6.45, 7) is 1.09. The van der Waals surface area contributed by atoms with Gasteiger partial charge in [-0.2, -0.15) is 0 Å². The quantitative estimate of drug-likeness (QED) is 0.761. The second kappa shape index (κ2) is 8.42. The third kappa shape index (κ3) is 5.64. The summed E-state index contributed by atoms with van der Waals surface area (Å²) >= 11 is 7.00. The third-order valence-electron chi connectivity index (χ3n) is 2.72. The van der Waals surface area contributed by atoms with Crippen molar-refractivity contribution >= 4 is 46.5 Å². The van der Waals surface area contributed by atoms with Gasteiger partial charge in [0.1, 0.15) is 12.4 Å². The molecule has 0 aliphatic carbocycles. The summed E-state index contributed by atoms with van der Waals surface area (Å²) in [6, 6.07) is 6.57. The van der Waals surface area contributed by atoms with Crippen LogP contribution in [0, 0.1) is 6.92 Å². The maximum atomic E-state index is 11.8. The van der Waals surface area contributed by atoms with Crippen LogP contribution in [-0.2, 0) is 14.3 Å². The monoisotopic (exact) mass is 367 g/mol. The number of esters is 1. The molecule has 9 heteroatoms. The first kappa shape index (κ1) is 17.9. The predicted octanol–water partition coefficient (Wildman–Crippen LogP) is 2.02. The number of aromatic nitrogens is 1.